The van der Waals surface area contributed by atoms with Gasteiger partial charge >= 0.3 is 0 Å². The quantitative estimate of drug-likeness (QED) is 0.303. The van der Waals surface area contributed by atoms with Crippen LogP contribution in [-0.2, 0) is 13.0 Å². The second-order valence-electron chi connectivity index (χ2n) is 7.29. The van der Waals surface area contributed by atoms with Crippen LogP contribution in [0, 0.1) is 0 Å². The van der Waals surface area contributed by atoms with Gasteiger partial charge in [-0.2, -0.15) is 0 Å². The second kappa shape index (κ2) is 13.4. The molecule has 2 aromatic rings. The maximum absolute atomic E-state index is 11.8. The zero-order valence-electron chi connectivity index (χ0n) is 18.4. The molecule has 0 spiro atoms. The van der Waals surface area contributed by atoms with E-state index in [0.29, 0.717) is 5.56 Å². The predicted molar refractivity (Wildman–Crippen MR) is 125 cm³/mol. The Morgan fingerprint density at radius 2 is 1.80 bits per heavy atom. The molecule has 0 saturated heterocycles. The lowest BCUT2D eigenvalue weighted by Gasteiger charge is -2.16. The number of nitrogens with one attached hydrogen (secondary N) is 3. The van der Waals surface area contributed by atoms with Crippen molar-refractivity contribution in [3.63, 3.8) is 0 Å². The topological polar surface area (TPSA) is 68.8 Å². The van der Waals surface area contributed by atoms with E-state index in [1.807, 2.05) is 30.3 Å². The summed E-state index contributed by atoms with van der Waals surface area (Å²) in [6, 6.07) is 18.3. The van der Waals surface area contributed by atoms with Gasteiger partial charge in [-0.25, -0.2) is 0 Å². The highest BCUT2D eigenvalue weighted by Gasteiger charge is 2.04. The third-order valence-corrected chi connectivity index (χ3v) is 4.73. The number of nitrogens with zero attached hydrogens (tertiary/aromatic N) is 2. The Hall–Kier alpha value is -2.86. The first kappa shape index (κ1) is 23.4. The minimum Gasteiger partial charge on any atom is -0.357 e. The van der Waals surface area contributed by atoms with Gasteiger partial charge in [-0.15, -0.1) is 0 Å². The summed E-state index contributed by atoms with van der Waals surface area (Å²) in [6.07, 6.45) is 1.84. The highest BCUT2D eigenvalue weighted by molar-refractivity contribution is 5.94. The number of rotatable bonds is 11. The zero-order chi connectivity index (χ0) is 21.6. The average molecular weight is 410 g/mol. The Morgan fingerprint density at radius 1 is 1.03 bits per heavy atom. The first-order valence-corrected chi connectivity index (χ1v) is 10.7. The van der Waals surface area contributed by atoms with Crippen molar-refractivity contribution in [3.05, 3.63) is 71.3 Å². The third kappa shape index (κ3) is 8.66. The largest absolute Gasteiger partial charge is 0.357 e. The molecule has 0 radical (unpaired) electrons. The number of benzene rings is 2. The van der Waals surface area contributed by atoms with Crippen LogP contribution in [0.15, 0.2) is 59.6 Å². The van der Waals surface area contributed by atoms with E-state index in [4.69, 9.17) is 0 Å². The van der Waals surface area contributed by atoms with Crippen LogP contribution in [0.3, 0.4) is 0 Å². The third-order valence-electron chi connectivity index (χ3n) is 4.73. The van der Waals surface area contributed by atoms with Crippen molar-refractivity contribution in [2.45, 2.75) is 26.3 Å². The smallest absolute Gasteiger partial charge is 0.251 e. The number of guanidine groups is 1. The molecule has 0 bridgehead atoms. The highest BCUT2D eigenvalue weighted by atomic mass is 16.1. The number of carbonyl (C=O) groups is 1. The molecule has 2 aromatic carbocycles. The van der Waals surface area contributed by atoms with Gasteiger partial charge in [0, 0.05) is 38.8 Å². The minimum absolute atomic E-state index is 0.0584. The molecule has 0 aliphatic carbocycles. The van der Waals surface area contributed by atoms with Crippen LogP contribution in [0.25, 0.3) is 0 Å². The van der Waals surface area contributed by atoms with Crippen molar-refractivity contribution in [3.8, 4) is 0 Å². The molecule has 1 amide bonds. The van der Waals surface area contributed by atoms with Crippen molar-refractivity contribution < 1.29 is 4.79 Å². The second-order valence-corrected chi connectivity index (χ2v) is 7.29. The summed E-state index contributed by atoms with van der Waals surface area (Å²) in [5, 5.41) is 9.34. The van der Waals surface area contributed by atoms with Gasteiger partial charge in [-0.1, -0.05) is 42.5 Å². The van der Waals surface area contributed by atoms with Gasteiger partial charge in [0.25, 0.3) is 5.91 Å². The Balaban J connectivity index is 1.74. The van der Waals surface area contributed by atoms with E-state index >= 15 is 0 Å². The van der Waals surface area contributed by atoms with Crippen LogP contribution in [0.4, 0.5) is 0 Å². The van der Waals surface area contributed by atoms with E-state index in [9.17, 15) is 4.79 Å². The Kier molecular flexibility index (Phi) is 10.4. The van der Waals surface area contributed by atoms with Gasteiger partial charge < -0.3 is 20.9 Å². The number of aliphatic imine (C=N–C) groups is 1. The van der Waals surface area contributed by atoms with Gasteiger partial charge in [-0.3, -0.25) is 9.79 Å². The summed E-state index contributed by atoms with van der Waals surface area (Å²) in [4.78, 5) is 18.8. The summed E-state index contributed by atoms with van der Waals surface area (Å²) in [5.74, 6) is 0.780. The van der Waals surface area contributed by atoms with E-state index in [-0.39, 0.29) is 5.91 Å². The summed E-state index contributed by atoms with van der Waals surface area (Å²) in [5.41, 5.74) is 3.15. The lowest BCUT2D eigenvalue weighted by molar-refractivity contribution is 0.0963. The molecule has 0 aromatic heterocycles. The Morgan fingerprint density at radius 3 is 2.53 bits per heavy atom. The van der Waals surface area contributed by atoms with Gasteiger partial charge in [0.15, 0.2) is 5.96 Å². The average Bonchev–Trinajstić information content (AvgIpc) is 2.77. The number of hydrogen-bond donors (Lipinski definition) is 3. The van der Waals surface area contributed by atoms with Gasteiger partial charge in [0.1, 0.15) is 0 Å². The van der Waals surface area contributed by atoms with E-state index in [0.717, 1.165) is 57.1 Å². The van der Waals surface area contributed by atoms with Gasteiger partial charge in [0.05, 0.1) is 0 Å². The molecule has 162 valence electrons. The summed E-state index contributed by atoms with van der Waals surface area (Å²) in [6.45, 7) is 6.39. The standard InChI is InChI=1S/C24H35N5O/c1-4-26-24(27-15-9-17-29(3)19-21-10-6-5-7-11-21)28-16-14-20-12-8-13-22(18-20)23(30)25-2/h5-8,10-13,18H,4,9,14-17,19H2,1-3H3,(H,25,30)(H2,26,27,28). The Bertz CT molecular complexity index is 791. The first-order valence-electron chi connectivity index (χ1n) is 10.7. The number of amides is 1. The molecule has 6 nitrogen and oxygen atoms in total. The van der Waals surface area contributed by atoms with Crippen LogP contribution >= 0.6 is 0 Å². The molecule has 0 fully saturated rings. The van der Waals surface area contributed by atoms with Crippen molar-refractivity contribution in [2.24, 2.45) is 4.99 Å². The fourth-order valence-corrected chi connectivity index (χ4v) is 3.19. The molecule has 30 heavy (non-hydrogen) atoms. The van der Waals surface area contributed by atoms with Gasteiger partial charge in [-0.05, 0) is 56.6 Å². The lowest BCUT2D eigenvalue weighted by atomic mass is 10.1. The fourth-order valence-electron chi connectivity index (χ4n) is 3.19. The molecule has 2 rings (SSSR count). The normalized spacial score (nSPS) is 11.4. The summed E-state index contributed by atoms with van der Waals surface area (Å²) >= 11 is 0. The maximum atomic E-state index is 11.8. The molecule has 0 aliphatic rings. The van der Waals surface area contributed by atoms with Gasteiger partial charge in [0.2, 0.25) is 0 Å². The van der Waals surface area contributed by atoms with Crippen molar-refractivity contribution in [1.29, 1.82) is 0 Å². The molecule has 3 N–H and O–H groups in total. The van der Waals surface area contributed by atoms with Crippen LogP contribution in [0.1, 0.15) is 34.8 Å². The summed E-state index contributed by atoms with van der Waals surface area (Å²) < 4.78 is 0. The highest BCUT2D eigenvalue weighted by Crippen LogP contribution is 2.06. The maximum Gasteiger partial charge on any atom is 0.251 e. The fraction of sp³-hybridized carbons (Fsp3) is 0.417. The summed E-state index contributed by atoms with van der Waals surface area (Å²) in [7, 11) is 3.79. The van der Waals surface area contributed by atoms with Crippen LogP contribution in [-0.4, -0.2) is 57.0 Å². The molecular formula is C24H35N5O. The van der Waals surface area contributed by atoms with E-state index < -0.39 is 0 Å². The van der Waals surface area contributed by atoms with Crippen LogP contribution in [0.2, 0.25) is 0 Å². The van der Waals surface area contributed by atoms with E-state index in [1.165, 1.54) is 5.56 Å². The zero-order valence-corrected chi connectivity index (χ0v) is 18.4. The van der Waals surface area contributed by atoms with Crippen molar-refractivity contribution >= 4 is 11.9 Å². The van der Waals surface area contributed by atoms with E-state index in [2.05, 4.69) is 64.1 Å². The molecule has 0 aliphatic heterocycles. The van der Waals surface area contributed by atoms with Crippen LogP contribution < -0.4 is 16.0 Å². The van der Waals surface area contributed by atoms with Crippen molar-refractivity contribution in [2.75, 3.05) is 40.3 Å². The molecule has 0 saturated carbocycles. The Labute approximate surface area is 180 Å². The first-order chi connectivity index (χ1) is 14.6. The number of hydrogen-bond acceptors (Lipinski definition) is 3. The minimum atomic E-state index is -0.0584. The molecule has 0 atom stereocenters. The van der Waals surface area contributed by atoms with E-state index in [1.54, 1.807) is 7.05 Å². The lowest BCUT2D eigenvalue weighted by Crippen LogP contribution is -2.38. The van der Waals surface area contributed by atoms with Crippen molar-refractivity contribution in [1.82, 2.24) is 20.9 Å². The predicted octanol–water partition coefficient (Wildman–Crippen LogP) is 2.67. The monoisotopic (exact) mass is 409 g/mol. The molecule has 6 heteroatoms. The molecule has 0 unspecified atom stereocenters. The SMILES string of the molecule is CCNC(=NCCCN(C)Cc1ccccc1)NCCc1cccc(C(=O)NC)c1. The molecule has 0 heterocycles. The number of carbonyl (C=O) groups excluding carboxylic acids is 1. The molecular weight excluding hydrogens is 374 g/mol. The van der Waals surface area contributed by atoms with Crippen LogP contribution in [0.5, 0.6) is 0 Å².